The lowest BCUT2D eigenvalue weighted by molar-refractivity contribution is 0.625. The molecule has 0 amide bonds. The summed E-state index contributed by atoms with van der Waals surface area (Å²) >= 11 is 6.40. The lowest BCUT2D eigenvalue weighted by Crippen LogP contribution is -1.97. The summed E-state index contributed by atoms with van der Waals surface area (Å²) in [5, 5.41) is -0.113. The molecule has 0 nitrogen and oxygen atoms in total. The molecule has 0 aliphatic rings. The van der Waals surface area contributed by atoms with Gasteiger partial charge in [0.15, 0.2) is 0 Å². The molecule has 19 heavy (non-hydrogen) atoms. The number of benzene rings is 2. The largest absolute Gasteiger partial charge is 0.207 e. The highest BCUT2D eigenvalue weighted by Gasteiger charge is 2.09. The van der Waals surface area contributed by atoms with Gasteiger partial charge in [-0.25, -0.2) is 4.39 Å². The van der Waals surface area contributed by atoms with Gasteiger partial charge in [0.05, 0.1) is 5.38 Å². The van der Waals surface area contributed by atoms with Gasteiger partial charge in [-0.05, 0) is 41.7 Å². The second kappa shape index (κ2) is 6.72. The van der Waals surface area contributed by atoms with Crippen LogP contribution >= 0.6 is 11.6 Å². The Kier molecular flexibility index (Phi) is 4.98. The van der Waals surface area contributed by atoms with Gasteiger partial charge >= 0.3 is 0 Å². The zero-order chi connectivity index (χ0) is 13.7. The van der Waals surface area contributed by atoms with Crippen molar-refractivity contribution in [2.45, 2.75) is 31.6 Å². The van der Waals surface area contributed by atoms with Crippen LogP contribution in [0.4, 0.5) is 4.39 Å². The van der Waals surface area contributed by atoms with Crippen LogP contribution in [0, 0.1) is 5.82 Å². The average molecular weight is 277 g/mol. The smallest absolute Gasteiger partial charge is 0.123 e. The van der Waals surface area contributed by atoms with Gasteiger partial charge in [0, 0.05) is 0 Å². The van der Waals surface area contributed by atoms with Crippen LogP contribution in [0.2, 0.25) is 0 Å². The van der Waals surface area contributed by atoms with E-state index < -0.39 is 0 Å². The Hall–Kier alpha value is -1.34. The summed E-state index contributed by atoms with van der Waals surface area (Å²) in [6.45, 7) is 2.17. The first-order valence-corrected chi connectivity index (χ1v) is 7.10. The highest BCUT2D eigenvalue weighted by Crippen LogP contribution is 2.25. The summed E-state index contributed by atoms with van der Waals surface area (Å²) in [5.41, 5.74) is 3.35. The Morgan fingerprint density at radius 2 is 1.79 bits per heavy atom. The maximum absolute atomic E-state index is 13.1. The van der Waals surface area contributed by atoms with Crippen molar-refractivity contribution in [3.05, 3.63) is 71.0 Å². The first kappa shape index (κ1) is 14.1. The van der Waals surface area contributed by atoms with Gasteiger partial charge < -0.3 is 0 Å². The molecular weight excluding hydrogens is 259 g/mol. The Labute approximate surface area is 119 Å². The van der Waals surface area contributed by atoms with Gasteiger partial charge in [0.2, 0.25) is 0 Å². The van der Waals surface area contributed by atoms with Gasteiger partial charge in [-0.15, -0.1) is 11.6 Å². The van der Waals surface area contributed by atoms with E-state index in [-0.39, 0.29) is 11.2 Å². The topological polar surface area (TPSA) is 0 Å². The Morgan fingerprint density at radius 3 is 2.42 bits per heavy atom. The van der Waals surface area contributed by atoms with Crippen molar-refractivity contribution in [3.63, 3.8) is 0 Å². The summed E-state index contributed by atoms with van der Waals surface area (Å²) in [4.78, 5) is 0. The fourth-order valence-corrected chi connectivity index (χ4v) is 2.49. The standard InChI is InChI=1S/C17H18ClF/c1-2-4-13-7-9-15(10-8-13)17(18)12-14-5-3-6-16(19)11-14/h3,5-11,17H,2,4,12H2,1H3. The molecule has 0 spiro atoms. The molecular formula is C17H18ClF. The van der Waals surface area contributed by atoms with Crippen LogP contribution in [0.3, 0.4) is 0 Å². The Bertz CT molecular complexity index is 519. The minimum absolute atomic E-state index is 0.113. The predicted octanol–water partition coefficient (Wildman–Crippen LogP) is 5.30. The number of aryl methyl sites for hydroxylation is 1. The quantitative estimate of drug-likeness (QED) is 0.650. The minimum atomic E-state index is -0.209. The Morgan fingerprint density at radius 1 is 1.05 bits per heavy atom. The fraction of sp³-hybridized carbons (Fsp3) is 0.294. The molecule has 0 radical (unpaired) electrons. The van der Waals surface area contributed by atoms with E-state index in [2.05, 4.69) is 31.2 Å². The van der Waals surface area contributed by atoms with Crippen LogP contribution < -0.4 is 0 Å². The molecule has 0 aliphatic heterocycles. The number of halogens is 2. The molecule has 0 aliphatic carbocycles. The van der Waals surface area contributed by atoms with Crippen molar-refractivity contribution < 1.29 is 4.39 Å². The molecule has 0 heterocycles. The van der Waals surface area contributed by atoms with Gasteiger partial charge in [0.25, 0.3) is 0 Å². The molecule has 100 valence electrons. The number of alkyl halides is 1. The van der Waals surface area contributed by atoms with Crippen LogP contribution in [0.5, 0.6) is 0 Å². The van der Waals surface area contributed by atoms with Gasteiger partial charge in [-0.2, -0.15) is 0 Å². The van der Waals surface area contributed by atoms with Crippen molar-refractivity contribution in [3.8, 4) is 0 Å². The van der Waals surface area contributed by atoms with Crippen LogP contribution in [-0.2, 0) is 12.8 Å². The summed E-state index contributed by atoms with van der Waals surface area (Å²) in [6, 6.07) is 15.0. The first-order chi connectivity index (χ1) is 9.19. The molecule has 0 saturated carbocycles. The lowest BCUT2D eigenvalue weighted by atomic mass is 10.0. The molecule has 2 aromatic carbocycles. The predicted molar refractivity (Wildman–Crippen MR) is 79.1 cm³/mol. The second-order valence-electron chi connectivity index (χ2n) is 4.79. The third-order valence-corrected chi connectivity index (χ3v) is 3.59. The summed E-state index contributed by atoms with van der Waals surface area (Å²) in [7, 11) is 0. The second-order valence-corrected chi connectivity index (χ2v) is 5.32. The number of hydrogen-bond donors (Lipinski definition) is 0. The van der Waals surface area contributed by atoms with E-state index in [1.54, 1.807) is 12.1 Å². The molecule has 0 N–H and O–H groups in total. The molecule has 1 atom stereocenters. The van der Waals surface area contributed by atoms with Crippen molar-refractivity contribution in [2.75, 3.05) is 0 Å². The molecule has 2 heteroatoms. The molecule has 2 rings (SSSR count). The fourth-order valence-electron chi connectivity index (χ4n) is 2.17. The molecule has 0 saturated heterocycles. The van der Waals surface area contributed by atoms with Crippen LogP contribution in [0.25, 0.3) is 0 Å². The Balaban J connectivity index is 2.05. The van der Waals surface area contributed by atoms with E-state index in [1.165, 1.54) is 11.6 Å². The van der Waals surface area contributed by atoms with E-state index in [0.29, 0.717) is 6.42 Å². The van der Waals surface area contributed by atoms with Crippen molar-refractivity contribution in [1.29, 1.82) is 0 Å². The van der Waals surface area contributed by atoms with E-state index in [9.17, 15) is 4.39 Å². The van der Waals surface area contributed by atoms with E-state index in [1.807, 2.05) is 6.07 Å². The van der Waals surface area contributed by atoms with Crippen LogP contribution in [0.15, 0.2) is 48.5 Å². The third kappa shape index (κ3) is 4.07. The molecule has 0 bridgehead atoms. The zero-order valence-electron chi connectivity index (χ0n) is 11.1. The van der Waals surface area contributed by atoms with Crippen LogP contribution in [-0.4, -0.2) is 0 Å². The number of rotatable bonds is 5. The molecule has 2 aromatic rings. The maximum Gasteiger partial charge on any atom is 0.123 e. The first-order valence-electron chi connectivity index (χ1n) is 6.66. The SMILES string of the molecule is CCCc1ccc(C(Cl)Cc2cccc(F)c2)cc1. The van der Waals surface area contributed by atoms with E-state index in [4.69, 9.17) is 11.6 Å². The van der Waals surface area contributed by atoms with Gasteiger partial charge in [-0.3, -0.25) is 0 Å². The highest BCUT2D eigenvalue weighted by atomic mass is 35.5. The van der Waals surface area contributed by atoms with Crippen molar-refractivity contribution >= 4 is 11.6 Å². The van der Waals surface area contributed by atoms with E-state index >= 15 is 0 Å². The summed E-state index contributed by atoms with van der Waals surface area (Å²) < 4.78 is 13.1. The van der Waals surface area contributed by atoms with E-state index in [0.717, 1.165) is 24.0 Å². The van der Waals surface area contributed by atoms with Crippen molar-refractivity contribution in [1.82, 2.24) is 0 Å². The normalized spacial score (nSPS) is 12.4. The van der Waals surface area contributed by atoms with Crippen LogP contribution in [0.1, 0.15) is 35.4 Å². The van der Waals surface area contributed by atoms with Gasteiger partial charge in [-0.1, -0.05) is 49.7 Å². The molecule has 1 unspecified atom stereocenters. The lowest BCUT2D eigenvalue weighted by Gasteiger charge is -2.11. The summed E-state index contributed by atoms with van der Waals surface area (Å²) in [5.74, 6) is -0.209. The monoisotopic (exact) mass is 276 g/mol. The highest BCUT2D eigenvalue weighted by molar-refractivity contribution is 6.20. The summed E-state index contributed by atoms with van der Waals surface area (Å²) in [6.07, 6.45) is 2.89. The molecule has 0 fully saturated rings. The molecule has 0 aromatic heterocycles. The zero-order valence-corrected chi connectivity index (χ0v) is 11.8. The minimum Gasteiger partial charge on any atom is -0.207 e. The maximum atomic E-state index is 13.1. The third-order valence-electron chi connectivity index (χ3n) is 3.18. The number of hydrogen-bond acceptors (Lipinski definition) is 0. The average Bonchev–Trinajstić information content (AvgIpc) is 2.40. The van der Waals surface area contributed by atoms with Gasteiger partial charge in [0.1, 0.15) is 5.82 Å². The van der Waals surface area contributed by atoms with Crippen molar-refractivity contribution in [2.24, 2.45) is 0 Å².